The fourth-order valence-corrected chi connectivity index (χ4v) is 4.15. The van der Waals surface area contributed by atoms with E-state index in [9.17, 15) is 13.2 Å². The summed E-state index contributed by atoms with van der Waals surface area (Å²) in [4.78, 5) is 12.1. The van der Waals surface area contributed by atoms with Gasteiger partial charge in [-0.3, -0.25) is 4.79 Å². The standard InChI is InChI=1S/C16H24N2O3S/c1-22(20,21)14-9-5-8-13(10-14)18-16(19)11-15(17)12-6-3-2-4-7-12/h2-4,6-7,13-15H,5,8-11,17H2,1H3,(H,18,19)/t13-,14+,15-/m0/s1. The predicted molar refractivity (Wildman–Crippen MR) is 87.0 cm³/mol. The van der Waals surface area contributed by atoms with E-state index in [-0.39, 0.29) is 29.7 Å². The van der Waals surface area contributed by atoms with Crippen LogP contribution in [0, 0.1) is 0 Å². The van der Waals surface area contributed by atoms with E-state index in [0.717, 1.165) is 18.4 Å². The molecule has 0 heterocycles. The summed E-state index contributed by atoms with van der Waals surface area (Å²) in [6, 6.07) is 9.09. The average molecular weight is 324 g/mol. The summed E-state index contributed by atoms with van der Waals surface area (Å²) in [7, 11) is -3.04. The first-order valence-corrected chi connectivity index (χ1v) is 9.60. The van der Waals surface area contributed by atoms with Crippen molar-refractivity contribution in [1.82, 2.24) is 5.32 Å². The van der Waals surface area contributed by atoms with Crippen LogP contribution in [0.15, 0.2) is 30.3 Å². The minimum absolute atomic E-state index is 0.0658. The van der Waals surface area contributed by atoms with Crippen molar-refractivity contribution in [2.24, 2.45) is 5.73 Å². The summed E-state index contributed by atoms with van der Waals surface area (Å²) in [5, 5.41) is 2.60. The molecular weight excluding hydrogens is 300 g/mol. The summed E-state index contributed by atoms with van der Waals surface area (Å²) in [5.74, 6) is -0.115. The minimum atomic E-state index is -3.04. The highest BCUT2D eigenvalue weighted by atomic mass is 32.2. The summed E-state index contributed by atoms with van der Waals surface area (Å²) >= 11 is 0. The lowest BCUT2D eigenvalue weighted by molar-refractivity contribution is -0.122. The van der Waals surface area contributed by atoms with E-state index in [4.69, 9.17) is 5.73 Å². The summed E-state index contributed by atoms with van der Waals surface area (Å²) < 4.78 is 23.3. The van der Waals surface area contributed by atoms with Crippen LogP contribution in [0.5, 0.6) is 0 Å². The zero-order chi connectivity index (χ0) is 16.2. The molecule has 5 nitrogen and oxygen atoms in total. The van der Waals surface area contributed by atoms with Crippen molar-refractivity contribution in [3.05, 3.63) is 35.9 Å². The van der Waals surface area contributed by atoms with E-state index in [1.54, 1.807) is 0 Å². The molecule has 0 radical (unpaired) electrons. The lowest BCUT2D eigenvalue weighted by Crippen LogP contribution is -2.42. The Labute approximate surface area is 132 Å². The van der Waals surface area contributed by atoms with E-state index in [1.807, 2.05) is 30.3 Å². The number of nitrogens with two attached hydrogens (primary N) is 1. The Bertz CT molecular complexity index is 601. The quantitative estimate of drug-likeness (QED) is 0.860. The fraction of sp³-hybridized carbons (Fsp3) is 0.562. The van der Waals surface area contributed by atoms with Gasteiger partial charge in [0.15, 0.2) is 0 Å². The summed E-state index contributed by atoms with van der Waals surface area (Å²) in [6.45, 7) is 0. The number of nitrogens with one attached hydrogen (secondary N) is 1. The second-order valence-electron chi connectivity index (χ2n) is 6.10. The molecule has 1 aliphatic rings. The van der Waals surface area contributed by atoms with Crippen LogP contribution in [0.25, 0.3) is 0 Å². The van der Waals surface area contributed by atoms with Crippen LogP contribution in [0.2, 0.25) is 0 Å². The van der Waals surface area contributed by atoms with Crippen LogP contribution in [0.3, 0.4) is 0 Å². The van der Waals surface area contributed by atoms with E-state index >= 15 is 0 Å². The van der Waals surface area contributed by atoms with Crippen molar-refractivity contribution >= 4 is 15.7 Å². The number of rotatable bonds is 5. The van der Waals surface area contributed by atoms with Crippen molar-refractivity contribution in [2.75, 3.05) is 6.26 Å². The molecule has 6 heteroatoms. The van der Waals surface area contributed by atoms with E-state index in [0.29, 0.717) is 12.8 Å². The normalized spacial score (nSPS) is 23.7. The molecule has 0 bridgehead atoms. The van der Waals surface area contributed by atoms with Crippen LogP contribution < -0.4 is 11.1 Å². The number of carbonyl (C=O) groups excluding carboxylic acids is 1. The van der Waals surface area contributed by atoms with E-state index < -0.39 is 9.84 Å². The zero-order valence-corrected chi connectivity index (χ0v) is 13.7. The molecule has 0 aromatic heterocycles. The molecule has 22 heavy (non-hydrogen) atoms. The van der Waals surface area contributed by atoms with Gasteiger partial charge < -0.3 is 11.1 Å². The molecule has 0 saturated heterocycles. The minimum Gasteiger partial charge on any atom is -0.353 e. The Kier molecular flexibility index (Phi) is 5.58. The largest absolute Gasteiger partial charge is 0.353 e. The van der Waals surface area contributed by atoms with Crippen LogP contribution in [0.1, 0.15) is 43.7 Å². The monoisotopic (exact) mass is 324 g/mol. The molecule has 1 amide bonds. The molecular formula is C16H24N2O3S. The highest BCUT2D eigenvalue weighted by Gasteiger charge is 2.29. The second-order valence-corrected chi connectivity index (χ2v) is 8.43. The number of hydrogen-bond acceptors (Lipinski definition) is 4. The van der Waals surface area contributed by atoms with Gasteiger partial charge in [-0.15, -0.1) is 0 Å². The van der Waals surface area contributed by atoms with Crippen molar-refractivity contribution in [1.29, 1.82) is 0 Å². The van der Waals surface area contributed by atoms with Gasteiger partial charge in [0.1, 0.15) is 9.84 Å². The van der Waals surface area contributed by atoms with Gasteiger partial charge in [-0.2, -0.15) is 0 Å². The average Bonchev–Trinajstić information content (AvgIpc) is 2.47. The van der Waals surface area contributed by atoms with Crippen LogP contribution in [-0.4, -0.2) is 31.9 Å². The van der Waals surface area contributed by atoms with Crippen LogP contribution in [-0.2, 0) is 14.6 Å². The van der Waals surface area contributed by atoms with Gasteiger partial charge >= 0.3 is 0 Å². The van der Waals surface area contributed by atoms with Gasteiger partial charge in [0.25, 0.3) is 0 Å². The zero-order valence-electron chi connectivity index (χ0n) is 12.9. The molecule has 3 N–H and O–H groups in total. The highest BCUT2D eigenvalue weighted by molar-refractivity contribution is 7.91. The van der Waals surface area contributed by atoms with E-state index in [2.05, 4.69) is 5.32 Å². The molecule has 1 saturated carbocycles. The molecule has 1 aromatic rings. The topological polar surface area (TPSA) is 89.3 Å². The Morgan fingerprint density at radius 3 is 2.64 bits per heavy atom. The van der Waals surface area contributed by atoms with Crippen LogP contribution in [0.4, 0.5) is 0 Å². The third kappa shape index (κ3) is 4.81. The smallest absolute Gasteiger partial charge is 0.222 e. The number of sulfone groups is 1. The van der Waals surface area contributed by atoms with Gasteiger partial charge in [0.2, 0.25) is 5.91 Å². The molecule has 0 aliphatic heterocycles. The summed E-state index contributed by atoms with van der Waals surface area (Å²) in [5.41, 5.74) is 6.97. The Morgan fingerprint density at radius 2 is 2.00 bits per heavy atom. The van der Waals surface area contributed by atoms with Gasteiger partial charge in [-0.05, 0) is 24.8 Å². The highest BCUT2D eigenvalue weighted by Crippen LogP contribution is 2.24. The van der Waals surface area contributed by atoms with Crippen molar-refractivity contribution in [3.63, 3.8) is 0 Å². The van der Waals surface area contributed by atoms with Gasteiger partial charge in [0.05, 0.1) is 5.25 Å². The number of hydrogen-bond donors (Lipinski definition) is 2. The first kappa shape index (κ1) is 17.0. The van der Waals surface area contributed by atoms with Crippen molar-refractivity contribution in [3.8, 4) is 0 Å². The molecule has 1 fully saturated rings. The molecule has 1 aliphatic carbocycles. The molecule has 1 aromatic carbocycles. The second kappa shape index (κ2) is 7.24. The molecule has 3 atom stereocenters. The fourth-order valence-electron chi connectivity index (χ4n) is 2.97. The van der Waals surface area contributed by atoms with E-state index in [1.165, 1.54) is 6.26 Å². The maximum Gasteiger partial charge on any atom is 0.222 e. The van der Waals surface area contributed by atoms with Gasteiger partial charge in [-0.1, -0.05) is 36.8 Å². The molecule has 0 spiro atoms. The molecule has 0 unspecified atom stereocenters. The SMILES string of the molecule is CS(=O)(=O)[C@@H]1CCC[C@H](NC(=O)C[C@H](N)c2ccccc2)C1. The Balaban J connectivity index is 1.87. The van der Waals surface area contributed by atoms with Crippen molar-refractivity contribution < 1.29 is 13.2 Å². The maximum absolute atomic E-state index is 12.1. The number of carbonyl (C=O) groups is 1. The van der Waals surface area contributed by atoms with Gasteiger partial charge in [0, 0.05) is 24.8 Å². The number of benzene rings is 1. The summed E-state index contributed by atoms with van der Waals surface area (Å²) in [6.07, 6.45) is 4.34. The lowest BCUT2D eigenvalue weighted by Gasteiger charge is -2.29. The third-order valence-electron chi connectivity index (χ3n) is 4.23. The maximum atomic E-state index is 12.1. The first-order chi connectivity index (χ1) is 10.4. The Hall–Kier alpha value is -1.40. The van der Waals surface area contributed by atoms with Gasteiger partial charge in [-0.25, -0.2) is 8.42 Å². The molecule has 122 valence electrons. The third-order valence-corrected chi connectivity index (χ3v) is 5.87. The Morgan fingerprint density at radius 1 is 1.32 bits per heavy atom. The lowest BCUT2D eigenvalue weighted by atomic mass is 9.94. The predicted octanol–water partition coefficient (Wildman–Crippen LogP) is 1.55. The first-order valence-electron chi connectivity index (χ1n) is 7.65. The van der Waals surface area contributed by atoms with Crippen LogP contribution >= 0.6 is 0 Å². The number of amides is 1. The van der Waals surface area contributed by atoms with Crippen molar-refractivity contribution in [2.45, 2.75) is 49.4 Å². The molecule has 2 rings (SSSR count).